The molecular formula is C28H22N2O3S. The Morgan fingerprint density at radius 3 is 2.74 bits per heavy atom. The van der Waals surface area contributed by atoms with E-state index in [1.165, 1.54) is 6.08 Å². The van der Waals surface area contributed by atoms with Gasteiger partial charge in [0.1, 0.15) is 11.5 Å². The highest BCUT2D eigenvalue weighted by Crippen LogP contribution is 2.31. The molecule has 0 amide bonds. The molecule has 0 bridgehead atoms. The highest BCUT2D eigenvalue weighted by Gasteiger charge is 2.12. The van der Waals surface area contributed by atoms with Gasteiger partial charge in [-0.15, -0.1) is 0 Å². The molecular weight excluding hydrogens is 444 g/mol. The molecule has 4 aromatic carbocycles. The standard InChI is InChI=1S/C28H22N2O3S/c1-33-26-15-11-18(16-20(26)17-34-28-29-23-8-4-5-9-24(23)30-28)10-14-25(31)22-13-12-19-6-2-3-7-21(19)27(22)32/h2-16,32H,17H2,1H3,(H,29,30)/b14-10-. The predicted molar refractivity (Wildman–Crippen MR) is 138 cm³/mol. The Morgan fingerprint density at radius 1 is 1.06 bits per heavy atom. The first-order valence-corrected chi connectivity index (χ1v) is 11.8. The van der Waals surface area contributed by atoms with Gasteiger partial charge in [-0.2, -0.15) is 0 Å². The lowest BCUT2D eigenvalue weighted by Gasteiger charge is -2.09. The summed E-state index contributed by atoms with van der Waals surface area (Å²) in [5.74, 6) is 1.19. The minimum Gasteiger partial charge on any atom is -0.507 e. The number of fused-ring (bicyclic) bond motifs is 2. The average molecular weight is 467 g/mol. The zero-order valence-corrected chi connectivity index (χ0v) is 19.3. The third kappa shape index (κ3) is 4.40. The molecule has 5 aromatic rings. The number of allylic oxidation sites excluding steroid dienone is 1. The summed E-state index contributed by atoms with van der Waals surface area (Å²) in [7, 11) is 1.65. The van der Waals surface area contributed by atoms with Crippen LogP contribution in [0.5, 0.6) is 11.5 Å². The van der Waals surface area contributed by atoms with E-state index in [0.717, 1.165) is 38.5 Å². The van der Waals surface area contributed by atoms with Crippen molar-refractivity contribution in [1.82, 2.24) is 9.97 Å². The van der Waals surface area contributed by atoms with Gasteiger partial charge in [0.05, 0.1) is 23.7 Å². The molecule has 0 atom stereocenters. The maximum Gasteiger partial charge on any atom is 0.189 e. The van der Waals surface area contributed by atoms with Gasteiger partial charge in [0, 0.05) is 16.7 Å². The van der Waals surface area contributed by atoms with Crippen molar-refractivity contribution in [2.45, 2.75) is 10.9 Å². The highest BCUT2D eigenvalue weighted by molar-refractivity contribution is 7.98. The fraction of sp³-hybridized carbons (Fsp3) is 0.0714. The van der Waals surface area contributed by atoms with Gasteiger partial charge in [-0.25, -0.2) is 4.98 Å². The van der Waals surface area contributed by atoms with Crippen LogP contribution in [-0.2, 0) is 5.75 Å². The second-order valence-electron chi connectivity index (χ2n) is 7.80. The molecule has 0 spiro atoms. The van der Waals surface area contributed by atoms with Crippen LogP contribution in [0, 0.1) is 0 Å². The summed E-state index contributed by atoms with van der Waals surface area (Å²) in [6, 6.07) is 24.7. The molecule has 6 heteroatoms. The Kier molecular flexibility index (Phi) is 6.06. The molecule has 0 aliphatic carbocycles. The molecule has 34 heavy (non-hydrogen) atoms. The molecule has 0 radical (unpaired) electrons. The van der Waals surface area contributed by atoms with Crippen LogP contribution in [0.2, 0.25) is 0 Å². The van der Waals surface area contributed by atoms with Gasteiger partial charge in [-0.3, -0.25) is 4.79 Å². The van der Waals surface area contributed by atoms with E-state index >= 15 is 0 Å². The van der Waals surface area contributed by atoms with Crippen LogP contribution >= 0.6 is 11.8 Å². The smallest absolute Gasteiger partial charge is 0.189 e. The predicted octanol–water partition coefficient (Wildman–Crippen LogP) is 6.62. The summed E-state index contributed by atoms with van der Waals surface area (Å²) in [6.45, 7) is 0. The fourth-order valence-corrected chi connectivity index (χ4v) is 4.74. The van der Waals surface area contributed by atoms with Crippen molar-refractivity contribution >= 4 is 45.4 Å². The molecule has 0 aliphatic heterocycles. The number of carbonyl (C=O) groups is 1. The van der Waals surface area contributed by atoms with Gasteiger partial charge in [-0.1, -0.05) is 66.4 Å². The zero-order valence-electron chi connectivity index (χ0n) is 18.5. The molecule has 0 aliphatic rings. The summed E-state index contributed by atoms with van der Waals surface area (Å²) in [5.41, 5.74) is 4.09. The quantitative estimate of drug-likeness (QED) is 0.160. The largest absolute Gasteiger partial charge is 0.507 e. The monoisotopic (exact) mass is 466 g/mol. The Morgan fingerprint density at radius 2 is 1.88 bits per heavy atom. The summed E-state index contributed by atoms with van der Waals surface area (Å²) in [5, 5.41) is 13.0. The van der Waals surface area contributed by atoms with Crippen molar-refractivity contribution < 1.29 is 14.6 Å². The van der Waals surface area contributed by atoms with E-state index in [-0.39, 0.29) is 17.1 Å². The highest BCUT2D eigenvalue weighted by atomic mass is 32.2. The maximum atomic E-state index is 12.8. The molecule has 168 valence electrons. The SMILES string of the molecule is COc1ccc(/C=C\C(=O)c2ccc3ccccc3c2O)cc1CSc1nc2ccccc2[nH]1. The number of para-hydroxylation sites is 2. The molecule has 5 nitrogen and oxygen atoms in total. The fourth-order valence-electron chi connectivity index (χ4n) is 3.87. The van der Waals surface area contributed by atoms with Crippen molar-refractivity contribution in [1.29, 1.82) is 0 Å². The lowest BCUT2D eigenvalue weighted by atomic mass is 10.0. The van der Waals surface area contributed by atoms with E-state index < -0.39 is 0 Å². The molecule has 0 unspecified atom stereocenters. The number of hydrogen-bond donors (Lipinski definition) is 2. The van der Waals surface area contributed by atoms with E-state index in [9.17, 15) is 9.90 Å². The van der Waals surface area contributed by atoms with Crippen molar-refractivity contribution in [2.75, 3.05) is 7.11 Å². The average Bonchev–Trinajstić information content (AvgIpc) is 3.29. The Labute approximate surface area is 201 Å². The minimum atomic E-state index is -0.253. The van der Waals surface area contributed by atoms with Crippen LogP contribution in [0.1, 0.15) is 21.5 Å². The number of phenols is 1. The summed E-state index contributed by atoms with van der Waals surface area (Å²) >= 11 is 1.59. The van der Waals surface area contributed by atoms with Crippen LogP contribution in [0.4, 0.5) is 0 Å². The minimum absolute atomic E-state index is 0.00500. The van der Waals surface area contributed by atoms with E-state index in [0.29, 0.717) is 11.1 Å². The van der Waals surface area contributed by atoms with Gasteiger partial charge < -0.3 is 14.8 Å². The van der Waals surface area contributed by atoms with Crippen molar-refractivity contribution in [2.24, 2.45) is 0 Å². The van der Waals surface area contributed by atoms with Crippen molar-refractivity contribution in [3.63, 3.8) is 0 Å². The topological polar surface area (TPSA) is 75.2 Å². The summed E-state index contributed by atoms with van der Waals surface area (Å²) in [6.07, 6.45) is 3.24. The van der Waals surface area contributed by atoms with Crippen LogP contribution in [-0.4, -0.2) is 28.0 Å². The number of aromatic hydroxyl groups is 1. The Balaban J connectivity index is 1.35. The van der Waals surface area contributed by atoms with Gasteiger partial charge in [0.2, 0.25) is 0 Å². The number of aromatic nitrogens is 2. The number of phenolic OH excluding ortho intramolecular Hbond substituents is 1. The van der Waals surface area contributed by atoms with Gasteiger partial charge in [0.15, 0.2) is 10.9 Å². The molecule has 0 fully saturated rings. The van der Waals surface area contributed by atoms with Crippen LogP contribution in [0.3, 0.4) is 0 Å². The zero-order chi connectivity index (χ0) is 23.5. The van der Waals surface area contributed by atoms with E-state index in [4.69, 9.17) is 4.74 Å². The molecule has 1 heterocycles. The van der Waals surface area contributed by atoms with E-state index in [1.807, 2.05) is 66.7 Å². The van der Waals surface area contributed by atoms with Crippen LogP contribution in [0.15, 0.2) is 90.1 Å². The number of benzene rings is 4. The number of H-pyrrole nitrogens is 1. The van der Waals surface area contributed by atoms with Crippen molar-refractivity contribution in [3.05, 3.63) is 102 Å². The van der Waals surface area contributed by atoms with Crippen molar-refractivity contribution in [3.8, 4) is 11.5 Å². The summed E-state index contributed by atoms with van der Waals surface area (Å²) in [4.78, 5) is 20.7. The number of aromatic amines is 1. The molecule has 5 rings (SSSR count). The molecule has 2 N–H and O–H groups in total. The molecule has 0 saturated carbocycles. The number of carbonyl (C=O) groups excluding carboxylic acids is 1. The Bertz CT molecular complexity index is 1500. The third-order valence-corrected chi connectivity index (χ3v) is 6.55. The lowest BCUT2D eigenvalue weighted by molar-refractivity contribution is 0.104. The number of ether oxygens (including phenoxy) is 1. The number of methoxy groups -OCH3 is 1. The van der Waals surface area contributed by atoms with Crippen LogP contribution in [0.25, 0.3) is 27.9 Å². The maximum absolute atomic E-state index is 12.8. The van der Waals surface area contributed by atoms with E-state index in [1.54, 1.807) is 37.1 Å². The molecule has 1 aromatic heterocycles. The number of nitrogens with zero attached hydrogens (tertiary/aromatic N) is 1. The first-order chi connectivity index (χ1) is 16.6. The second-order valence-corrected chi connectivity index (χ2v) is 8.76. The van der Waals surface area contributed by atoms with Gasteiger partial charge in [0.25, 0.3) is 0 Å². The summed E-state index contributed by atoms with van der Waals surface area (Å²) < 4.78 is 5.53. The number of nitrogens with one attached hydrogen (secondary N) is 1. The number of hydrogen-bond acceptors (Lipinski definition) is 5. The lowest BCUT2D eigenvalue weighted by Crippen LogP contribution is -1.96. The second kappa shape index (κ2) is 9.45. The number of rotatable bonds is 7. The normalized spacial score (nSPS) is 11.4. The number of ketones is 1. The third-order valence-electron chi connectivity index (χ3n) is 5.63. The number of thioether (sulfide) groups is 1. The van der Waals surface area contributed by atoms with Gasteiger partial charge in [-0.05, 0) is 47.4 Å². The van der Waals surface area contributed by atoms with E-state index in [2.05, 4.69) is 9.97 Å². The first-order valence-electron chi connectivity index (χ1n) is 10.8. The molecule has 0 saturated heterocycles. The first kappa shape index (κ1) is 21.8. The van der Waals surface area contributed by atoms with Crippen LogP contribution < -0.4 is 4.74 Å². The number of imidazole rings is 1. The Hall–Kier alpha value is -4.03. The van der Waals surface area contributed by atoms with Gasteiger partial charge >= 0.3 is 0 Å².